The second kappa shape index (κ2) is 14.9. The molecule has 3 heterocycles. The van der Waals surface area contributed by atoms with Gasteiger partial charge in [0, 0.05) is 55.1 Å². The molecule has 1 aromatic heterocycles. The van der Waals surface area contributed by atoms with E-state index in [0.717, 1.165) is 53.0 Å². The number of carboxylic acids is 1. The van der Waals surface area contributed by atoms with Crippen molar-refractivity contribution >= 4 is 22.6 Å². The average Bonchev–Trinajstić information content (AvgIpc) is 3.74. The molecule has 1 saturated heterocycles. The molecule has 2 aliphatic rings. The SMILES string of the molecule is CCCCN(CCCC[N+](C)(C)C)C(=O)CN1C[C@H](c2cc(OC)c3c(c2)OCO3)C(C(=O)O)[C@@H]1CCn1cc2ccccc2c1O. The first-order chi connectivity index (χ1) is 22.5. The minimum Gasteiger partial charge on any atom is -0.494 e. The number of carbonyl (C=O) groups is 2. The maximum atomic E-state index is 14.0. The summed E-state index contributed by atoms with van der Waals surface area (Å²) in [7, 11) is 8.08. The van der Waals surface area contributed by atoms with E-state index in [-0.39, 0.29) is 25.1 Å². The third kappa shape index (κ3) is 7.96. The van der Waals surface area contributed by atoms with Crippen LogP contribution in [0.25, 0.3) is 10.8 Å². The van der Waals surface area contributed by atoms with Crippen LogP contribution in [0.1, 0.15) is 50.5 Å². The highest BCUT2D eigenvalue weighted by atomic mass is 16.7. The fourth-order valence-corrected chi connectivity index (χ4v) is 7.07. The van der Waals surface area contributed by atoms with Gasteiger partial charge >= 0.3 is 5.97 Å². The third-order valence-electron chi connectivity index (χ3n) is 9.56. The first kappa shape index (κ1) is 34.4. The first-order valence-electron chi connectivity index (χ1n) is 16.8. The van der Waals surface area contributed by atoms with E-state index in [1.807, 2.05) is 52.4 Å². The summed E-state index contributed by atoms with van der Waals surface area (Å²) >= 11 is 0. The lowest BCUT2D eigenvalue weighted by atomic mass is 9.84. The van der Waals surface area contributed by atoms with Gasteiger partial charge in [0.15, 0.2) is 17.4 Å². The zero-order chi connectivity index (χ0) is 33.7. The van der Waals surface area contributed by atoms with Gasteiger partial charge in [-0.25, -0.2) is 0 Å². The Bertz CT molecular complexity index is 1550. The van der Waals surface area contributed by atoms with Gasteiger partial charge in [-0.3, -0.25) is 14.5 Å². The van der Waals surface area contributed by atoms with E-state index in [1.165, 1.54) is 0 Å². The van der Waals surface area contributed by atoms with Crippen LogP contribution < -0.4 is 14.2 Å². The Kier molecular flexibility index (Phi) is 10.9. The summed E-state index contributed by atoms with van der Waals surface area (Å²) in [5.74, 6) is -0.422. The second-order valence-electron chi connectivity index (χ2n) is 13.9. The van der Waals surface area contributed by atoms with Gasteiger partial charge in [0.1, 0.15) is 0 Å². The average molecular weight is 652 g/mol. The highest BCUT2D eigenvalue weighted by molar-refractivity contribution is 5.87. The van der Waals surface area contributed by atoms with Gasteiger partial charge < -0.3 is 38.4 Å². The molecule has 0 aliphatic carbocycles. The summed E-state index contributed by atoms with van der Waals surface area (Å²) in [5, 5.41) is 23.4. The van der Waals surface area contributed by atoms with Crippen molar-refractivity contribution in [2.24, 2.45) is 5.92 Å². The zero-order valence-electron chi connectivity index (χ0n) is 28.5. The molecule has 5 rings (SSSR count). The van der Waals surface area contributed by atoms with Crippen molar-refractivity contribution in [2.75, 3.05) is 67.8 Å². The van der Waals surface area contributed by atoms with Crippen molar-refractivity contribution in [3.8, 4) is 23.1 Å². The number of quaternary nitrogens is 1. The lowest BCUT2D eigenvalue weighted by molar-refractivity contribution is -0.870. The van der Waals surface area contributed by atoms with E-state index in [0.29, 0.717) is 49.8 Å². The van der Waals surface area contributed by atoms with Crippen LogP contribution in [-0.4, -0.2) is 115 Å². The normalized spacial score (nSPS) is 19.4. The summed E-state index contributed by atoms with van der Waals surface area (Å²) < 4.78 is 19.5. The van der Waals surface area contributed by atoms with E-state index < -0.39 is 23.8 Å². The molecule has 11 nitrogen and oxygen atoms in total. The van der Waals surface area contributed by atoms with E-state index in [2.05, 4.69) is 28.1 Å². The van der Waals surface area contributed by atoms with Gasteiger partial charge in [-0.2, -0.15) is 0 Å². The molecule has 0 saturated carbocycles. The Morgan fingerprint density at radius 2 is 1.85 bits per heavy atom. The van der Waals surface area contributed by atoms with E-state index >= 15 is 0 Å². The van der Waals surface area contributed by atoms with Crippen LogP contribution in [0.5, 0.6) is 23.1 Å². The van der Waals surface area contributed by atoms with Crippen molar-refractivity contribution in [3.63, 3.8) is 0 Å². The molecule has 2 N–H and O–H groups in total. The number of aromatic hydroxyl groups is 1. The molecule has 3 atom stereocenters. The summed E-state index contributed by atoms with van der Waals surface area (Å²) in [6.07, 6.45) is 6.19. The van der Waals surface area contributed by atoms with Crippen LogP contribution in [0.2, 0.25) is 0 Å². The number of aliphatic carboxylic acids is 1. The number of aryl methyl sites for hydroxylation is 1. The lowest BCUT2D eigenvalue weighted by Crippen LogP contribution is -2.45. The molecule has 1 amide bonds. The number of methoxy groups -OCH3 is 1. The van der Waals surface area contributed by atoms with Gasteiger partial charge in [-0.15, -0.1) is 0 Å². The molecule has 0 radical (unpaired) electrons. The van der Waals surface area contributed by atoms with Crippen molar-refractivity contribution in [1.82, 2.24) is 14.4 Å². The highest BCUT2D eigenvalue weighted by Gasteiger charge is 2.47. The van der Waals surface area contributed by atoms with Crippen molar-refractivity contribution in [1.29, 1.82) is 0 Å². The minimum atomic E-state index is -0.920. The Hall–Kier alpha value is -3.96. The van der Waals surface area contributed by atoms with Gasteiger partial charge in [0.2, 0.25) is 18.4 Å². The van der Waals surface area contributed by atoms with Crippen molar-refractivity contribution in [3.05, 3.63) is 48.2 Å². The molecular formula is C36H51N4O7+. The summed E-state index contributed by atoms with van der Waals surface area (Å²) in [4.78, 5) is 31.1. The third-order valence-corrected chi connectivity index (χ3v) is 9.56. The van der Waals surface area contributed by atoms with Crippen LogP contribution >= 0.6 is 0 Å². The predicted octanol–water partition coefficient (Wildman–Crippen LogP) is 4.76. The van der Waals surface area contributed by atoms with E-state index in [9.17, 15) is 19.8 Å². The molecule has 11 heteroatoms. The number of amides is 1. The number of likely N-dealkylation sites (tertiary alicyclic amines) is 1. The number of benzene rings is 2. The van der Waals surface area contributed by atoms with E-state index in [1.54, 1.807) is 11.7 Å². The number of carbonyl (C=O) groups excluding carboxylic acids is 1. The quantitative estimate of drug-likeness (QED) is 0.169. The number of unbranched alkanes of at least 4 members (excludes halogenated alkanes) is 2. The summed E-state index contributed by atoms with van der Waals surface area (Å²) in [5.41, 5.74) is 0.774. The van der Waals surface area contributed by atoms with Crippen LogP contribution in [0, 0.1) is 5.92 Å². The number of hydrogen-bond acceptors (Lipinski definition) is 7. The van der Waals surface area contributed by atoms with Crippen LogP contribution in [-0.2, 0) is 16.1 Å². The van der Waals surface area contributed by atoms with Crippen LogP contribution in [0.3, 0.4) is 0 Å². The number of rotatable bonds is 16. The molecule has 2 aromatic carbocycles. The van der Waals surface area contributed by atoms with Gasteiger partial charge in [-0.1, -0.05) is 31.5 Å². The molecule has 2 aliphatic heterocycles. The smallest absolute Gasteiger partial charge is 0.308 e. The molecule has 0 spiro atoms. The molecule has 47 heavy (non-hydrogen) atoms. The number of hydrogen-bond donors (Lipinski definition) is 2. The van der Waals surface area contributed by atoms with Crippen LogP contribution in [0.4, 0.5) is 0 Å². The Balaban J connectivity index is 1.42. The highest BCUT2D eigenvalue weighted by Crippen LogP contribution is 2.47. The largest absolute Gasteiger partial charge is 0.494 e. The van der Waals surface area contributed by atoms with E-state index in [4.69, 9.17) is 14.2 Å². The van der Waals surface area contributed by atoms with Crippen molar-refractivity contribution < 1.29 is 38.5 Å². The number of fused-ring (bicyclic) bond motifs is 2. The summed E-state index contributed by atoms with van der Waals surface area (Å²) in [6, 6.07) is 10.9. The Labute approximate surface area is 277 Å². The molecule has 0 bridgehead atoms. The van der Waals surface area contributed by atoms with Gasteiger partial charge in [0.05, 0.1) is 47.3 Å². The maximum absolute atomic E-state index is 14.0. The molecule has 1 fully saturated rings. The zero-order valence-corrected chi connectivity index (χ0v) is 28.5. The first-order valence-corrected chi connectivity index (χ1v) is 16.8. The molecule has 3 aromatic rings. The van der Waals surface area contributed by atoms with Gasteiger partial charge in [0.25, 0.3) is 0 Å². The fourth-order valence-electron chi connectivity index (χ4n) is 7.07. The molecular weight excluding hydrogens is 600 g/mol. The number of nitrogens with zero attached hydrogens (tertiary/aromatic N) is 4. The lowest BCUT2D eigenvalue weighted by Gasteiger charge is -2.30. The number of ether oxygens (including phenoxy) is 3. The Morgan fingerprint density at radius 1 is 1.09 bits per heavy atom. The minimum absolute atomic E-state index is 0.0244. The fraction of sp³-hybridized carbons (Fsp3) is 0.556. The number of carboxylic acid groups (broad SMARTS) is 1. The molecule has 256 valence electrons. The standard InChI is InChI=1S/C36H50N4O7/c1-6-7-15-37(16-10-11-18-40(2,3)4)32(41)23-39-22-28(26-19-30(45-5)34-31(20-26)46-24-47-34)33(36(43)44)29(39)14-17-38-21-25-12-8-9-13-27(25)35(38)42/h8-9,12-13,19-21,28-29,33H,6-7,10-11,14-18,22-24H2,1-5H3,(H-,42,43,44)/p+1/t28-,29+,33?/m1/s1. The molecule has 1 unspecified atom stereocenters. The van der Waals surface area contributed by atoms with Crippen molar-refractivity contribution in [2.45, 2.75) is 57.5 Å². The topological polar surface area (TPSA) is 114 Å². The second-order valence-corrected chi connectivity index (χ2v) is 13.9. The Morgan fingerprint density at radius 3 is 2.55 bits per heavy atom. The monoisotopic (exact) mass is 651 g/mol. The predicted molar refractivity (Wildman–Crippen MR) is 180 cm³/mol. The summed E-state index contributed by atoms with van der Waals surface area (Å²) in [6.45, 7) is 5.53. The van der Waals surface area contributed by atoms with Crippen LogP contribution in [0.15, 0.2) is 42.6 Å². The number of aromatic nitrogens is 1. The maximum Gasteiger partial charge on any atom is 0.308 e. The van der Waals surface area contributed by atoms with Gasteiger partial charge in [-0.05, 0) is 49.4 Å².